The van der Waals surface area contributed by atoms with Crippen LogP contribution in [0, 0.1) is 5.92 Å². The van der Waals surface area contributed by atoms with Crippen molar-refractivity contribution in [1.82, 2.24) is 0 Å². The quantitative estimate of drug-likeness (QED) is 0.309. The summed E-state index contributed by atoms with van der Waals surface area (Å²) in [4.78, 5) is 11.2. The Bertz CT molecular complexity index is 276. The Morgan fingerprint density at radius 1 is 1.00 bits per heavy atom. The average Bonchev–Trinajstić information content (AvgIpc) is 2.36. The van der Waals surface area contributed by atoms with Crippen LogP contribution >= 0.6 is 0 Å². The minimum absolute atomic E-state index is 0.0318. The lowest BCUT2D eigenvalue weighted by molar-refractivity contribution is -0.113. The third kappa shape index (κ3) is 4.56. The van der Waals surface area contributed by atoms with Crippen molar-refractivity contribution in [2.24, 2.45) is 5.92 Å². The van der Waals surface area contributed by atoms with Crippen LogP contribution in [-0.2, 0) is 9.22 Å². The van der Waals surface area contributed by atoms with Crippen LogP contribution in [0.5, 0.6) is 0 Å². The van der Waals surface area contributed by atoms with Gasteiger partial charge < -0.3 is 9.22 Å². The summed E-state index contributed by atoms with van der Waals surface area (Å²) >= 11 is 0. The molecule has 118 valence electrons. The fourth-order valence-electron chi connectivity index (χ4n) is 3.47. The third-order valence-electron chi connectivity index (χ3n) is 4.52. The van der Waals surface area contributed by atoms with E-state index in [4.69, 9.17) is 4.43 Å². The topological polar surface area (TPSA) is 26.3 Å². The lowest BCUT2D eigenvalue weighted by atomic mass is 10.0. The zero-order valence-corrected chi connectivity index (χ0v) is 15.5. The van der Waals surface area contributed by atoms with Crippen molar-refractivity contribution in [2.45, 2.75) is 84.0 Å². The van der Waals surface area contributed by atoms with Gasteiger partial charge in [-0.25, -0.2) is 0 Å². The molecule has 20 heavy (non-hydrogen) atoms. The largest absolute Gasteiger partial charge is 0.412 e. The zero-order valence-electron chi connectivity index (χ0n) is 14.5. The molecule has 0 saturated heterocycles. The summed E-state index contributed by atoms with van der Waals surface area (Å²) in [6.07, 6.45) is 4.78. The fraction of sp³-hybridized carbons (Fsp3) is 0.824. The molecule has 0 unspecified atom stereocenters. The molecule has 2 nitrogen and oxygen atoms in total. The van der Waals surface area contributed by atoms with Crippen LogP contribution in [0.4, 0.5) is 0 Å². The van der Waals surface area contributed by atoms with Gasteiger partial charge in [-0.3, -0.25) is 0 Å². The van der Waals surface area contributed by atoms with Gasteiger partial charge in [0.15, 0.2) is 0 Å². The Morgan fingerprint density at radius 3 is 1.75 bits per heavy atom. The molecule has 0 radical (unpaired) electrons. The van der Waals surface area contributed by atoms with Crippen LogP contribution in [-0.4, -0.2) is 20.7 Å². The molecule has 0 N–H and O–H groups in total. The summed E-state index contributed by atoms with van der Waals surface area (Å²) in [6.45, 7) is 19.4. The molecule has 0 heterocycles. The molecule has 0 aromatic rings. The van der Waals surface area contributed by atoms with Gasteiger partial charge in [0.1, 0.15) is 6.29 Å². The minimum Gasteiger partial charge on any atom is -0.412 e. The zero-order chi connectivity index (χ0) is 15.9. The molecule has 0 bridgehead atoms. The van der Waals surface area contributed by atoms with E-state index in [1.807, 2.05) is 13.0 Å². The Morgan fingerprint density at radius 2 is 1.45 bits per heavy atom. The van der Waals surface area contributed by atoms with E-state index < -0.39 is 8.32 Å². The molecule has 0 aromatic carbocycles. The first kappa shape index (κ1) is 19.6. The van der Waals surface area contributed by atoms with E-state index in [1.54, 1.807) is 0 Å². The third-order valence-corrected chi connectivity index (χ3v) is 10.6. The highest BCUT2D eigenvalue weighted by Gasteiger charge is 2.47. The molecule has 0 fully saturated rings. The Kier molecular flexibility index (Phi) is 8.60. The molecule has 0 aliphatic heterocycles. The standard InChI is InChI=1S/C17H34O2Si/c1-9-10-11-17(16(8)12-18)19-20(13(2)3,14(4)5)15(6)7/h9,12-17H,1,10-11H2,2-8H3/t16-,17+/m0/s1. The van der Waals surface area contributed by atoms with Crippen molar-refractivity contribution in [3.63, 3.8) is 0 Å². The molecule has 0 rings (SSSR count). The monoisotopic (exact) mass is 298 g/mol. The molecule has 0 aliphatic rings. The number of rotatable bonds is 10. The molecule has 3 heteroatoms. The summed E-state index contributed by atoms with van der Waals surface area (Å²) in [7, 11) is -1.91. The smallest absolute Gasteiger partial charge is 0.200 e. The van der Waals surface area contributed by atoms with Gasteiger partial charge in [-0.15, -0.1) is 6.58 Å². The lowest BCUT2D eigenvalue weighted by Crippen LogP contribution is -2.51. The van der Waals surface area contributed by atoms with E-state index in [2.05, 4.69) is 48.1 Å². The van der Waals surface area contributed by atoms with Crippen molar-refractivity contribution in [1.29, 1.82) is 0 Å². The predicted octanol–water partition coefficient (Wildman–Crippen LogP) is 5.35. The van der Waals surface area contributed by atoms with E-state index in [9.17, 15) is 4.79 Å². The summed E-state index contributed by atoms with van der Waals surface area (Å²) in [5.41, 5.74) is 1.65. The maximum absolute atomic E-state index is 11.2. The van der Waals surface area contributed by atoms with E-state index in [1.165, 1.54) is 0 Å². The van der Waals surface area contributed by atoms with Crippen LogP contribution in [0.1, 0.15) is 61.3 Å². The van der Waals surface area contributed by atoms with Crippen LogP contribution in [0.2, 0.25) is 16.6 Å². The maximum atomic E-state index is 11.2. The first-order valence-electron chi connectivity index (χ1n) is 7.97. The van der Waals surface area contributed by atoms with Crippen molar-refractivity contribution >= 4 is 14.6 Å². The Labute approximate surface area is 127 Å². The van der Waals surface area contributed by atoms with Gasteiger partial charge in [0.2, 0.25) is 8.32 Å². The maximum Gasteiger partial charge on any atom is 0.200 e. The summed E-state index contributed by atoms with van der Waals surface area (Å²) in [5.74, 6) is -0.0434. The lowest BCUT2D eigenvalue weighted by Gasteiger charge is -2.45. The van der Waals surface area contributed by atoms with Crippen LogP contribution in [0.3, 0.4) is 0 Å². The molecular formula is C17H34O2Si. The van der Waals surface area contributed by atoms with E-state index in [0.717, 1.165) is 19.1 Å². The number of hydrogen-bond acceptors (Lipinski definition) is 2. The molecule has 0 aliphatic carbocycles. The van der Waals surface area contributed by atoms with Gasteiger partial charge in [0.25, 0.3) is 0 Å². The molecule has 0 amide bonds. The summed E-state index contributed by atoms with van der Waals surface area (Å²) < 4.78 is 6.74. The Hall–Kier alpha value is -0.413. The molecular weight excluding hydrogens is 264 g/mol. The van der Waals surface area contributed by atoms with Crippen molar-refractivity contribution in [3.8, 4) is 0 Å². The van der Waals surface area contributed by atoms with Crippen LogP contribution in [0.15, 0.2) is 12.7 Å². The van der Waals surface area contributed by atoms with Crippen molar-refractivity contribution in [2.75, 3.05) is 0 Å². The van der Waals surface area contributed by atoms with Gasteiger partial charge in [0.05, 0.1) is 6.10 Å². The van der Waals surface area contributed by atoms with E-state index >= 15 is 0 Å². The highest BCUT2D eigenvalue weighted by Crippen LogP contribution is 2.44. The average molecular weight is 299 g/mol. The number of carbonyl (C=O) groups excluding carboxylic acids is 1. The minimum atomic E-state index is -1.91. The van der Waals surface area contributed by atoms with Crippen molar-refractivity contribution in [3.05, 3.63) is 12.7 Å². The molecule has 2 atom stereocenters. The Balaban J connectivity index is 5.35. The normalized spacial score (nSPS) is 15.7. The fourth-order valence-corrected chi connectivity index (χ4v) is 9.14. The van der Waals surface area contributed by atoms with E-state index in [0.29, 0.717) is 16.6 Å². The van der Waals surface area contributed by atoms with Crippen LogP contribution in [0.25, 0.3) is 0 Å². The van der Waals surface area contributed by atoms with Gasteiger partial charge >= 0.3 is 0 Å². The number of aldehydes is 1. The SMILES string of the molecule is C=CCC[C@@H](O[Si](C(C)C)(C(C)C)C(C)C)[C@@H](C)C=O. The first-order chi connectivity index (χ1) is 9.23. The second kappa shape index (κ2) is 8.78. The van der Waals surface area contributed by atoms with Gasteiger partial charge in [-0.05, 0) is 29.5 Å². The number of allylic oxidation sites excluding steroid dienone is 1. The second-order valence-corrected chi connectivity index (χ2v) is 12.2. The summed E-state index contributed by atoms with van der Waals surface area (Å²) in [5, 5.41) is 0. The second-order valence-electron chi connectivity index (χ2n) is 6.84. The highest BCUT2D eigenvalue weighted by molar-refractivity contribution is 6.77. The number of carbonyl (C=O) groups is 1. The van der Waals surface area contributed by atoms with Gasteiger partial charge in [-0.2, -0.15) is 0 Å². The highest BCUT2D eigenvalue weighted by atomic mass is 28.4. The van der Waals surface area contributed by atoms with E-state index in [-0.39, 0.29) is 12.0 Å². The first-order valence-corrected chi connectivity index (χ1v) is 10.1. The van der Waals surface area contributed by atoms with Gasteiger partial charge in [-0.1, -0.05) is 54.5 Å². The molecule has 0 aromatic heterocycles. The van der Waals surface area contributed by atoms with Gasteiger partial charge in [0, 0.05) is 5.92 Å². The van der Waals surface area contributed by atoms with Crippen molar-refractivity contribution < 1.29 is 9.22 Å². The van der Waals surface area contributed by atoms with Crippen LogP contribution < -0.4 is 0 Å². The number of hydrogen-bond donors (Lipinski definition) is 0. The molecule has 0 spiro atoms. The molecule has 0 saturated carbocycles. The predicted molar refractivity (Wildman–Crippen MR) is 90.6 cm³/mol. The summed E-state index contributed by atoms with van der Waals surface area (Å²) in [6, 6.07) is 0.